The van der Waals surface area contributed by atoms with Gasteiger partial charge in [-0.25, -0.2) is 0 Å². The summed E-state index contributed by atoms with van der Waals surface area (Å²) < 4.78 is 1.27. The molecule has 0 heterocycles. The summed E-state index contributed by atoms with van der Waals surface area (Å²) in [5.41, 5.74) is 4.24. The molecule has 1 aromatic rings. The summed E-state index contributed by atoms with van der Waals surface area (Å²) in [5.74, 6) is 0. The summed E-state index contributed by atoms with van der Waals surface area (Å²) in [7, 11) is 1.64. The second-order valence-electron chi connectivity index (χ2n) is 3.05. The maximum absolute atomic E-state index is 4.85. The van der Waals surface area contributed by atoms with E-state index in [2.05, 4.69) is 59.3 Å². The molecule has 0 aliphatic heterocycles. The number of benzene rings is 1. The monoisotopic (exact) mass is 291 g/mol. The van der Waals surface area contributed by atoms with Crippen molar-refractivity contribution in [2.75, 3.05) is 7.11 Å². The van der Waals surface area contributed by atoms with E-state index < -0.39 is 0 Å². The molecular weight excluding hydrogens is 277 g/mol. The Hall–Kier alpha value is -0.130. The first-order chi connectivity index (χ1) is 6.22. The quantitative estimate of drug-likeness (QED) is 0.679. The number of rotatable bonds is 4. The van der Waals surface area contributed by atoms with Crippen molar-refractivity contribution in [3.8, 4) is 0 Å². The minimum atomic E-state index is 0.352. The summed E-state index contributed by atoms with van der Waals surface area (Å²) in [4.78, 5) is 4.85. The van der Waals surface area contributed by atoms with Gasteiger partial charge in [0.1, 0.15) is 0 Å². The molecule has 13 heavy (non-hydrogen) atoms. The summed E-state index contributed by atoms with van der Waals surface area (Å²) in [6.07, 6.45) is 0.991. The second-order valence-corrected chi connectivity index (χ2v) is 4.30. The zero-order valence-corrected chi connectivity index (χ0v) is 10.0. The van der Waals surface area contributed by atoms with E-state index in [1.807, 2.05) is 0 Å². The Bertz CT molecular complexity index is 248. The largest absolute Gasteiger partial charge is 0.305 e. The number of hydroxylamine groups is 1. The SMILES string of the molecule is CONC(C)Cc1ccc(I)cc1. The first kappa shape index (κ1) is 10.9. The molecule has 0 bridgehead atoms. The van der Waals surface area contributed by atoms with Gasteiger partial charge in [-0.1, -0.05) is 12.1 Å². The third-order valence-corrected chi connectivity index (χ3v) is 2.49. The summed E-state index contributed by atoms with van der Waals surface area (Å²) in [6, 6.07) is 8.89. The van der Waals surface area contributed by atoms with Crippen molar-refractivity contribution in [1.29, 1.82) is 0 Å². The fraction of sp³-hybridized carbons (Fsp3) is 0.400. The van der Waals surface area contributed by atoms with E-state index in [0.29, 0.717) is 6.04 Å². The lowest BCUT2D eigenvalue weighted by atomic mass is 10.1. The van der Waals surface area contributed by atoms with Gasteiger partial charge in [0.25, 0.3) is 0 Å². The predicted molar refractivity (Wildman–Crippen MR) is 62.5 cm³/mol. The first-order valence-electron chi connectivity index (χ1n) is 4.25. The molecule has 0 aliphatic carbocycles. The van der Waals surface area contributed by atoms with Crippen molar-refractivity contribution in [1.82, 2.24) is 5.48 Å². The van der Waals surface area contributed by atoms with Gasteiger partial charge in [0.15, 0.2) is 0 Å². The molecule has 3 heteroatoms. The number of nitrogens with one attached hydrogen (secondary N) is 1. The van der Waals surface area contributed by atoms with E-state index in [1.165, 1.54) is 9.13 Å². The summed E-state index contributed by atoms with van der Waals surface area (Å²) >= 11 is 2.31. The Morgan fingerprint density at radius 2 is 2.00 bits per heavy atom. The fourth-order valence-electron chi connectivity index (χ4n) is 1.22. The third-order valence-electron chi connectivity index (χ3n) is 1.77. The topological polar surface area (TPSA) is 21.3 Å². The number of hydrogen-bond acceptors (Lipinski definition) is 2. The third kappa shape index (κ3) is 4.06. The average Bonchev–Trinajstić information content (AvgIpc) is 2.09. The van der Waals surface area contributed by atoms with E-state index in [9.17, 15) is 0 Å². The van der Waals surface area contributed by atoms with Gasteiger partial charge in [0.05, 0.1) is 7.11 Å². The van der Waals surface area contributed by atoms with E-state index in [0.717, 1.165) is 6.42 Å². The van der Waals surface area contributed by atoms with Crippen LogP contribution in [0.2, 0.25) is 0 Å². The Morgan fingerprint density at radius 3 is 2.54 bits per heavy atom. The van der Waals surface area contributed by atoms with Gasteiger partial charge >= 0.3 is 0 Å². The molecule has 1 aromatic carbocycles. The summed E-state index contributed by atoms with van der Waals surface area (Å²) in [5, 5.41) is 0. The Balaban J connectivity index is 2.49. The van der Waals surface area contributed by atoms with Crippen molar-refractivity contribution in [3.63, 3.8) is 0 Å². The normalized spacial score (nSPS) is 12.8. The highest BCUT2D eigenvalue weighted by atomic mass is 127. The molecule has 0 aliphatic rings. The molecule has 2 nitrogen and oxygen atoms in total. The van der Waals surface area contributed by atoms with Gasteiger partial charge in [-0.3, -0.25) is 0 Å². The Kier molecular flexibility index (Phi) is 4.69. The van der Waals surface area contributed by atoms with E-state index in [-0.39, 0.29) is 0 Å². The van der Waals surface area contributed by atoms with Crippen LogP contribution in [-0.2, 0) is 11.3 Å². The second kappa shape index (κ2) is 5.57. The van der Waals surface area contributed by atoms with Crippen LogP contribution in [-0.4, -0.2) is 13.2 Å². The number of hydrogen-bond donors (Lipinski definition) is 1. The maximum Gasteiger partial charge on any atom is 0.0572 e. The average molecular weight is 291 g/mol. The van der Waals surface area contributed by atoms with Crippen LogP contribution in [0.15, 0.2) is 24.3 Å². The first-order valence-corrected chi connectivity index (χ1v) is 5.33. The zero-order chi connectivity index (χ0) is 9.68. The molecule has 1 N–H and O–H groups in total. The molecule has 0 radical (unpaired) electrons. The zero-order valence-electron chi connectivity index (χ0n) is 7.88. The molecule has 0 amide bonds. The van der Waals surface area contributed by atoms with Crippen LogP contribution in [0.25, 0.3) is 0 Å². The molecular formula is C10H14INO. The highest BCUT2D eigenvalue weighted by molar-refractivity contribution is 14.1. The lowest BCUT2D eigenvalue weighted by Crippen LogP contribution is -2.26. The highest BCUT2D eigenvalue weighted by Crippen LogP contribution is 2.08. The van der Waals surface area contributed by atoms with Crippen LogP contribution < -0.4 is 5.48 Å². The fourth-order valence-corrected chi connectivity index (χ4v) is 1.58. The predicted octanol–water partition coefficient (Wildman–Crippen LogP) is 2.37. The van der Waals surface area contributed by atoms with Crippen LogP contribution in [0.5, 0.6) is 0 Å². The van der Waals surface area contributed by atoms with Gasteiger partial charge < -0.3 is 4.84 Å². The molecule has 0 saturated carbocycles. The highest BCUT2D eigenvalue weighted by Gasteiger charge is 2.01. The van der Waals surface area contributed by atoms with Crippen LogP contribution >= 0.6 is 22.6 Å². The van der Waals surface area contributed by atoms with E-state index in [1.54, 1.807) is 7.11 Å². The van der Waals surface area contributed by atoms with Gasteiger partial charge in [0.2, 0.25) is 0 Å². The van der Waals surface area contributed by atoms with E-state index in [4.69, 9.17) is 4.84 Å². The number of halogens is 1. The van der Waals surface area contributed by atoms with Gasteiger partial charge in [-0.15, -0.1) is 0 Å². The molecule has 1 atom stereocenters. The van der Waals surface area contributed by atoms with Gasteiger partial charge in [-0.05, 0) is 53.6 Å². The van der Waals surface area contributed by atoms with Crippen LogP contribution in [0.1, 0.15) is 12.5 Å². The minimum absolute atomic E-state index is 0.352. The van der Waals surface area contributed by atoms with Crippen LogP contribution in [0, 0.1) is 3.57 Å². The van der Waals surface area contributed by atoms with Crippen molar-refractivity contribution in [2.24, 2.45) is 0 Å². The minimum Gasteiger partial charge on any atom is -0.305 e. The Labute approximate surface area is 92.8 Å². The lowest BCUT2D eigenvalue weighted by Gasteiger charge is -2.11. The van der Waals surface area contributed by atoms with Crippen LogP contribution in [0.3, 0.4) is 0 Å². The van der Waals surface area contributed by atoms with Crippen molar-refractivity contribution in [2.45, 2.75) is 19.4 Å². The molecule has 72 valence electrons. The van der Waals surface area contributed by atoms with Gasteiger partial charge in [-0.2, -0.15) is 5.48 Å². The van der Waals surface area contributed by atoms with Crippen molar-refractivity contribution < 1.29 is 4.84 Å². The van der Waals surface area contributed by atoms with Gasteiger partial charge in [0, 0.05) is 9.61 Å². The summed E-state index contributed by atoms with van der Waals surface area (Å²) in [6.45, 7) is 2.10. The molecule has 1 unspecified atom stereocenters. The van der Waals surface area contributed by atoms with Crippen LogP contribution in [0.4, 0.5) is 0 Å². The Morgan fingerprint density at radius 1 is 1.38 bits per heavy atom. The molecule has 0 saturated heterocycles. The molecule has 0 aromatic heterocycles. The maximum atomic E-state index is 4.85. The molecule has 1 rings (SSSR count). The van der Waals surface area contributed by atoms with Crippen molar-refractivity contribution >= 4 is 22.6 Å². The van der Waals surface area contributed by atoms with Crippen molar-refractivity contribution in [3.05, 3.63) is 33.4 Å². The smallest absolute Gasteiger partial charge is 0.0572 e. The lowest BCUT2D eigenvalue weighted by molar-refractivity contribution is 0.0661. The molecule has 0 spiro atoms. The molecule has 0 fully saturated rings. The van der Waals surface area contributed by atoms with E-state index >= 15 is 0 Å². The standard InChI is InChI=1S/C10H14INO/c1-8(12-13-2)7-9-3-5-10(11)6-4-9/h3-6,8,12H,7H2,1-2H3.